The van der Waals surface area contributed by atoms with Crippen LogP contribution in [0.2, 0.25) is 0 Å². The van der Waals surface area contributed by atoms with E-state index in [4.69, 9.17) is 4.74 Å². The molecule has 0 heterocycles. The van der Waals surface area contributed by atoms with Crippen LogP contribution in [-0.4, -0.2) is 36.5 Å². The molecule has 0 aromatic heterocycles. The fraction of sp³-hybridized carbons (Fsp3) is 1.00. The minimum atomic E-state index is -0.223. The Morgan fingerprint density at radius 2 is 2.23 bits per heavy atom. The van der Waals surface area contributed by atoms with Crippen molar-refractivity contribution in [2.75, 3.05) is 13.2 Å². The van der Waals surface area contributed by atoms with Gasteiger partial charge in [-0.3, -0.25) is 0 Å². The average molecular weight is 187 g/mol. The van der Waals surface area contributed by atoms with E-state index < -0.39 is 0 Å². The first-order valence-corrected chi connectivity index (χ1v) is 5.23. The van der Waals surface area contributed by atoms with Gasteiger partial charge in [0, 0.05) is 12.6 Å². The summed E-state index contributed by atoms with van der Waals surface area (Å²) in [7, 11) is 0. The first-order valence-electron chi connectivity index (χ1n) is 5.23. The molecular formula is C10H21NO2. The molecule has 3 nitrogen and oxygen atoms in total. The summed E-state index contributed by atoms with van der Waals surface area (Å²) in [4.78, 5) is 0. The van der Waals surface area contributed by atoms with Gasteiger partial charge in [0.25, 0.3) is 0 Å². The molecule has 0 spiro atoms. The van der Waals surface area contributed by atoms with Gasteiger partial charge in [0.05, 0.1) is 18.8 Å². The van der Waals surface area contributed by atoms with Crippen LogP contribution in [0.1, 0.15) is 33.1 Å². The van der Waals surface area contributed by atoms with Gasteiger partial charge in [0.1, 0.15) is 0 Å². The highest BCUT2D eigenvalue weighted by molar-refractivity contribution is 4.76. The van der Waals surface area contributed by atoms with Gasteiger partial charge in [-0.05, 0) is 19.3 Å². The van der Waals surface area contributed by atoms with Crippen LogP contribution in [0.15, 0.2) is 0 Å². The Kier molecular flexibility index (Phi) is 4.70. The summed E-state index contributed by atoms with van der Waals surface area (Å²) in [5.41, 5.74) is 0. The van der Waals surface area contributed by atoms with E-state index >= 15 is 0 Å². The van der Waals surface area contributed by atoms with Gasteiger partial charge in [-0.2, -0.15) is 0 Å². The highest BCUT2D eigenvalue weighted by atomic mass is 16.5. The second kappa shape index (κ2) is 5.58. The Morgan fingerprint density at radius 1 is 1.46 bits per heavy atom. The predicted octanol–water partition coefficient (Wildman–Crippen LogP) is 0.914. The van der Waals surface area contributed by atoms with E-state index in [-0.39, 0.29) is 12.2 Å². The van der Waals surface area contributed by atoms with Crippen LogP contribution in [-0.2, 0) is 4.74 Å². The van der Waals surface area contributed by atoms with Gasteiger partial charge in [-0.25, -0.2) is 0 Å². The summed E-state index contributed by atoms with van der Waals surface area (Å²) in [5.74, 6) is 0. The first-order chi connectivity index (χ1) is 6.20. The van der Waals surface area contributed by atoms with Gasteiger partial charge in [-0.1, -0.05) is 13.8 Å². The maximum absolute atomic E-state index is 9.45. The molecule has 0 bridgehead atoms. The van der Waals surface area contributed by atoms with Crippen molar-refractivity contribution < 1.29 is 9.84 Å². The van der Waals surface area contributed by atoms with E-state index in [0.29, 0.717) is 12.6 Å². The van der Waals surface area contributed by atoms with Crippen molar-refractivity contribution in [3.63, 3.8) is 0 Å². The predicted molar refractivity (Wildman–Crippen MR) is 52.7 cm³/mol. The van der Waals surface area contributed by atoms with Gasteiger partial charge >= 0.3 is 0 Å². The molecule has 1 aliphatic rings. The minimum Gasteiger partial charge on any atom is -0.390 e. The molecule has 3 heteroatoms. The Hall–Kier alpha value is -0.120. The molecule has 0 saturated heterocycles. The standard InChI is InChI=1S/C10H21NO2/c1-8(2)11-6-7-13-10-5-3-4-9(10)12/h8-12H,3-7H2,1-2H3. The Morgan fingerprint density at radius 3 is 2.77 bits per heavy atom. The molecular weight excluding hydrogens is 166 g/mol. The lowest BCUT2D eigenvalue weighted by molar-refractivity contribution is -0.0173. The van der Waals surface area contributed by atoms with E-state index in [9.17, 15) is 5.11 Å². The van der Waals surface area contributed by atoms with Crippen molar-refractivity contribution in [3.05, 3.63) is 0 Å². The largest absolute Gasteiger partial charge is 0.390 e. The number of aliphatic hydroxyl groups is 1. The van der Waals surface area contributed by atoms with Crippen molar-refractivity contribution in [3.8, 4) is 0 Å². The Labute approximate surface area is 80.5 Å². The van der Waals surface area contributed by atoms with Gasteiger partial charge in [0.15, 0.2) is 0 Å². The van der Waals surface area contributed by atoms with Crippen LogP contribution < -0.4 is 5.32 Å². The molecule has 78 valence electrons. The van der Waals surface area contributed by atoms with E-state index in [1.807, 2.05) is 0 Å². The third kappa shape index (κ3) is 4.07. The van der Waals surface area contributed by atoms with Crippen molar-refractivity contribution in [2.45, 2.75) is 51.4 Å². The zero-order valence-electron chi connectivity index (χ0n) is 8.62. The van der Waals surface area contributed by atoms with Crippen LogP contribution in [0, 0.1) is 0 Å². The molecule has 0 aromatic rings. The van der Waals surface area contributed by atoms with Crippen LogP contribution in [0.3, 0.4) is 0 Å². The average Bonchev–Trinajstić information content (AvgIpc) is 2.45. The third-order valence-corrected chi connectivity index (χ3v) is 2.40. The molecule has 0 amide bonds. The highest BCUT2D eigenvalue weighted by Crippen LogP contribution is 2.21. The highest BCUT2D eigenvalue weighted by Gasteiger charge is 2.25. The third-order valence-electron chi connectivity index (χ3n) is 2.40. The molecule has 2 N–H and O–H groups in total. The second-order valence-corrected chi connectivity index (χ2v) is 4.02. The van der Waals surface area contributed by atoms with E-state index in [0.717, 1.165) is 25.8 Å². The summed E-state index contributed by atoms with van der Waals surface area (Å²) >= 11 is 0. The zero-order valence-corrected chi connectivity index (χ0v) is 8.62. The number of ether oxygens (including phenoxy) is 1. The molecule has 13 heavy (non-hydrogen) atoms. The van der Waals surface area contributed by atoms with E-state index in [1.165, 1.54) is 0 Å². The smallest absolute Gasteiger partial charge is 0.0834 e. The molecule has 1 rings (SSSR count). The van der Waals surface area contributed by atoms with Crippen LogP contribution in [0.25, 0.3) is 0 Å². The monoisotopic (exact) mass is 187 g/mol. The van der Waals surface area contributed by atoms with Crippen LogP contribution in [0.4, 0.5) is 0 Å². The van der Waals surface area contributed by atoms with Crippen molar-refractivity contribution >= 4 is 0 Å². The number of hydrogen-bond acceptors (Lipinski definition) is 3. The summed E-state index contributed by atoms with van der Waals surface area (Å²) in [5, 5.41) is 12.7. The maximum Gasteiger partial charge on any atom is 0.0834 e. The van der Waals surface area contributed by atoms with Gasteiger partial charge < -0.3 is 15.2 Å². The number of aliphatic hydroxyl groups excluding tert-OH is 1. The quantitative estimate of drug-likeness (QED) is 0.629. The zero-order chi connectivity index (χ0) is 9.68. The van der Waals surface area contributed by atoms with E-state index in [1.54, 1.807) is 0 Å². The number of rotatable bonds is 5. The Balaban J connectivity index is 1.99. The number of nitrogens with one attached hydrogen (secondary N) is 1. The molecule has 0 aliphatic heterocycles. The fourth-order valence-electron chi connectivity index (χ4n) is 1.66. The molecule has 0 radical (unpaired) electrons. The van der Waals surface area contributed by atoms with E-state index in [2.05, 4.69) is 19.2 Å². The topological polar surface area (TPSA) is 41.5 Å². The van der Waals surface area contributed by atoms with Crippen LogP contribution >= 0.6 is 0 Å². The first kappa shape index (κ1) is 11.0. The fourth-order valence-corrected chi connectivity index (χ4v) is 1.66. The summed E-state index contributed by atoms with van der Waals surface area (Å²) in [6.45, 7) is 5.82. The van der Waals surface area contributed by atoms with Crippen molar-refractivity contribution in [2.24, 2.45) is 0 Å². The van der Waals surface area contributed by atoms with Crippen molar-refractivity contribution in [1.82, 2.24) is 5.32 Å². The molecule has 1 aliphatic carbocycles. The molecule has 1 fully saturated rings. The molecule has 0 aromatic carbocycles. The summed E-state index contributed by atoms with van der Waals surface area (Å²) in [6, 6.07) is 0.511. The molecule has 2 unspecified atom stereocenters. The lowest BCUT2D eigenvalue weighted by Gasteiger charge is -2.16. The summed E-state index contributed by atoms with van der Waals surface area (Å²) < 4.78 is 5.55. The lowest BCUT2D eigenvalue weighted by Crippen LogP contribution is -2.30. The minimum absolute atomic E-state index is 0.0916. The summed E-state index contributed by atoms with van der Waals surface area (Å²) in [6.07, 6.45) is 2.89. The SMILES string of the molecule is CC(C)NCCOC1CCCC1O. The Bertz CT molecular complexity index is 139. The lowest BCUT2D eigenvalue weighted by atomic mass is 10.3. The second-order valence-electron chi connectivity index (χ2n) is 4.02. The maximum atomic E-state index is 9.45. The van der Waals surface area contributed by atoms with Crippen molar-refractivity contribution in [1.29, 1.82) is 0 Å². The van der Waals surface area contributed by atoms with Gasteiger partial charge in [0.2, 0.25) is 0 Å². The van der Waals surface area contributed by atoms with Gasteiger partial charge in [-0.15, -0.1) is 0 Å². The molecule has 2 atom stereocenters. The molecule has 1 saturated carbocycles. The number of hydrogen-bond donors (Lipinski definition) is 2. The normalized spacial score (nSPS) is 28.6. The van der Waals surface area contributed by atoms with Crippen LogP contribution in [0.5, 0.6) is 0 Å².